The first-order valence-corrected chi connectivity index (χ1v) is 12.9. The molecule has 2 unspecified atom stereocenters. The molecular formula is C24H30N2O4S. The van der Waals surface area contributed by atoms with Gasteiger partial charge >= 0.3 is 6.09 Å². The third kappa shape index (κ3) is 5.66. The van der Waals surface area contributed by atoms with Crippen molar-refractivity contribution in [3.63, 3.8) is 0 Å². The summed E-state index contributed by atoms with van der Waals surface area (Å²) >= 11 is 0. The van der Waals surface area contributed by atoms with Gasteiger partial charge in [-0.15, -0.1) is 0 Å². The Morgan fingerprint density at radius 3 is 2.45 bits per heavy atom. The average molecular weight is 443 g/mol. The maximum atomic E-state index is 12.9. The van der Waals surface area contributed by atoms with E-state index in [2.05, 4.69) is 29.0 Å². The Morgan fingerprint density at radius 2 is 1.74 bits per heavy atom. The highest BCUT2D eigenvalue weighted by atomic mass is 32.2. The lowest BCUT2D eigenvalue weighted by Crippen LogP contribution is -2.48. The molecule has 0 spiro atoms. The van der Waals surface area contributed by atoms with Gasteiger partial charge in [-0.05, 0) is 55.2 Å². The lowest BCUT2D eigenvalue weighted by molar-refractivity contribution is 0.0609. The van der Waals surface area contributed by atoms with Crippen LogP contribution >= 0.6 is 0 Å². The Morgan fingerprint density at radius 1 is 1.03 bits per heavy atom. The minimum atomic E-state index is -3.38. The molecule has 0 radical (unpaired) electrons. The Kier molecular flexibility index (Phi) is 6.62. The van der Waals surface area contributed by atoms with Crippen LogP contribution in [0, 0.1) is 0 Å². The monoisotopic (exact) mass is 442 g/mol. The van der Waals surface area contributed by atoms with Gasteiger partial charge in [0.25, 0.3) is 0 Å². The minimum absolute atomic E-state index is 0.0172. The Bertz CT molecular complexity index is 1000. The maximum Gasteiger partial charge on any atom is 0.410 e. The topological polar surface area (TPSA) is 75.7 Å². The molecule has 7 heteroatoms. The van der Waals surface area contributed by atoms with E-state index in [-0.39, 0.29) is 24.3 Å². The fourth-order valence-corrected chi connectivity index (χ4v) is 5.54. The summed E-state index contributed by atoms with van der Waals surface area (Å²) in [6.07, 6.45) is 5.97. The maximum absolute atomic E-state index is 12.9. The van der Waals surface area contributed by atoms with E-state index in [4.69, 9.17) is 4.74 Å². The van der Waals surface area contributed by atoms with Crippen LogP contribution in [0.25, 0.3) is 11.1 Å². The second kappa shape index (κ2) is 9.40. The molecule has 2 fully saturated rings. The van der Waals surface area contributed by atoms with E-state index in [1.54, 1.807) is 4.90 Å². The quantitative estimate of drug-likeness (QED) is 0.735. The summed E-state index contributed by atoms with van der Waals surface area (Å²) in [7, 11) is -3.38. The molecule has 1 aliphatic heterocycles. The summed E-state index contributed by atoms with van der Waals surface area (Å²) in [5.41, 5.74) is 3.29. The third-order valence-electron chi connectivity index (χ3n) is 6.19. The number of ether oxygens (including phenoxy) is 1. The van der Waals surface area contributed by atoms with Crippen LogP contribution in [0.2, 0.25) is 0 Å². The Labute approximate surface area is 184 Å². The van der Waals surface area contributed by atoms with Crippen molar-refractivity contribution in [3.8, 4) is 11.1 Å². The van der Waals surface area contributed by atoms with Crippen molar-refractivity contribution in [3.05, 3.63) is 60.2 Å². The van der Waals surface area contributed by atoms with Crippen LogP contribution in [0.15, 0.2) is 54.6 Å². The van der Waals surface area contributed by atoms with E-state index < -0.39 is 10.0 Å². The van der Waals surface area contributed by atoms with Crippen LogP contribution < -0.4 is 4.72 Å². The SMILES string of the molecule is CS(=O)(=O)NC1CCN(C(=O)OC2CCCC2)C1Cc1cccc(-c2ccccc2)c1. The van der Waals surface area contributed by atoms with E-state index in [1.807, 2.05) is 30.3 Å². The van der Waals surface area contributed by atoms with Gasteiger partial charge in [-0.2, -0.15) is 0 Å². The van der Waals surface area contributed by atoms with Crippen molar-refractivity contribution in [2.75, 3.05) is 12.8 Å². The number of nitrogens with zero attached hydrogens (tertiary/aromatic N) is 1. The zero-order valence-corrected chi connectivity index (χ0v) is 18.7. The molecule has 0 bridgehead atoms. The number of carbonyl (C=O) groups excluding carboxylic acids is 1. The van der Waals surface area contributed by atoms with Crippen molar-refractivity contribution < 1.29 is 17.9 Å². The molecule has 2 atom stereocenters. The molecule has 1 saturated heterocycles. The van der Waals surface area contributed by atoms with Crippen molar-refractivity contribution in [2.45, 2.75) is 56.7 Å². The number of likely N-dealkylation sites (tertiary alicyclic amines) is 1. The molecule has 1 N–H and O–H groups in total. The van der Waals surface area contributed by atoms with Crippen molar-refractivity contribution in [1.82, 2.24) is 9.62 Å². The fraction of sp³-hybridized carbons (Fsp3) is 0.458. The number of carbonyl (C=O) groups is 1. The molecule has 6 nitrogen and oxygen atoms in total. The predicted octanol–water partition coefficient (Wildman–Crippen LogP) is 3.97. The number of nitrogens with one attached hydrogen (secondary N) is 1. The lowest BCUT2D eigenvalue weighted by atomic mass is 9.97. The van der Waals surface area contributed by atoms with Crippen LogP contribution in [0.1, 0.15) is 37.7 Å². The van der Waals surface area contributed by atoms with Crippen LogP contribution in [0.3, 0.4) is 0 Å². The molecule has 4 rings (SSSR count). The van der Waals surface area contributed by atoms with Crippen LogP contribution in [0.4, 0.5) is 4.79 Å². The van der Waals surface area contributed by atoms with Crippen LogP contribution in [-0.2, 0) is 21.2 Å². The predicted molar refractivity (Wildman–Crippen MR) is 121 cm³/mol. The van der Waals surface area contributed by atoms with Gasteiger partial charge in [-0.25, -0.2) is 17.9 Å². The van der Waals surface area contributed by atoms with Crippen LogP contribution in [-0.4, -0.2) is 50.4 Å². The summed E-state index contributed by atoms with van der Waals surface area (Å²) in [6, 6.07) is 17.7. The zero-order chi connectivity index (χ0) is 21.8. The summed E-state index contributed by atoms with van der Waals surface area (Å²) in [4.78, 5) is 14.6. The lowest BCUT2D eigenvalue weighted by Gasteiger charge is -2.29. The van der Waals surface area contributed by atoms with E-state index in [0.717, 1.165) is 42.4 Å². The molecular weight excluding hydrogens is 412 g/mol. The Balaban J connectivity index is 1.55. The first-order chi connectivity index (χ1) is 14.9. The molecule has 2 aromatic rings. The van der Waals surface area contributed by atoms with Crippen molar-refractivity contribution in [2.24, 2.45) is 0 Å². The highest BCUT2D eigenvalue weighted by Crippen LogP contribution is 2.28. The first kappa shape index (κ1) is 21.8. The molecule has 1 aliphatic carbocycles. The van der Waals surface area contributed by atoms with Crippen molar-refractivity contribution in [1.29, 1.82) is 0 Å². The highest BCUT2D eigenvalue weighted by molar-refractivity contribution is 7.88. The second-order valence-corrected chi connectivity index (χ2v) is 10.4. The highest BCUT2D eigenvalue weighted by Gasteiger charge is 2.40. The normalized spacial score (nSPS) is 22.0. The molecule has 2 aliphatic rings. The second-order valence-electron chi connectivity index (χ2n) is 8.61. The van der Waals surface area contributed by atoms with Crippen molar-refractivity contribution >= 4 is 16.1 Å². The van der Waals surface area contributed by atoms with Gasteiger partial charge in [0, 0.05) is 12.6 Å². The number of sulfonamides is 1. The van der Waals surface area contributed by atoms with Gasteiger partial charge in [0.15, 0.2) is 0 Å². The number of hydrogen-bond donors (Lipinski definition) is 1. The standard InChI is InChI=1S/C24H30N2O4S/c1-31(28,29)25-22-14-15-26(24(27)30-21-12-5-6-13-21)23(22)17-18-8-7-11-20(16-18)19-9-3-2-4-10-19/h2-4,7-11,16,21-23,25H,5-6,12-15,17H2,1H3. The number of amides is 1. The van der Waals surface area contributed by atoms with Gasteiger partial charge in [0.05, 0.1) is 12.3 Å². The van der Waals surface area contributed by atoms with E-state index in [9.17, 15) is 13.2 Å². The van der Waals surface area contributed by atoms with E-state index in [0.29, 0.717) is 19.4 Å². The molecule has 166 valence electrons. The molecule has 1 amide bonds. The third-order valence-corrected chi connectivity index (χ3v) is 6.93. The number of rotatable bonds is 6. The molecule has 0 aromatic heterocycles. The minimum Gasteiger partial charge on any atom is -0.446 e. The van der Waals surface area contributed by atoms with Crippen LogP contribution in [0.5, 0.6) is 0 Å². The molecule has 1 saturated carbocycles. The average Bonchev–Trinajstić information content (AvgIpc) is 3.38. The fourth-order valence-electron chi connectivity index (χ4n) is 4.71. The summed E-state index contributed by atoms with van der Waals surface area (Å²) in [5.74, 6) is 0. The summed E-state index contributed by atoms with van der Waals surface area (Å²) in [6.45, 7) is 0.488. The first-order valence-electron chi connectivity index (χ1n) is 11.0. The molecule has 2 aromatic carbocycles. The Hall–Kier alpha value is -2.38. The number of benzene rings is 2. The largest absolute Gasteiger partial charge is 0.446 e. The molecule has 1 heterocycles. The van der Waals surface area contributed by atoms with Gasteiger partial charge in [-0.1, -0.05) is 54.6 Å². The smallest absolute Gasteiger partial charge is 0.410 e. The van der Waals surface area contributed by atoms with Gasteiger partial charge < -0.3 is 9.64 Å². The zero-order valence-electron chi connectivity index (χ0n) is 17.9. The van der Waals surface area contributed by atoms with E-state index >= 15 is 0 Å². The van der Waals surface area contributed by atoms with E-state index in [1.165, 1.54) is 6.26 Å². The van der Waals surface area contributed by atoms with Gasteiger partial charge in [-0.3, -0.25) is 0 Å². The molecule has 31 heavy (non-hydrogen) atoms. The summed E-state index contributed by atoms with van der Waals surface area (Å²) < 4.78 is 32.3. The van der Waals surface area contributed by atoms with Gasteiger partial charge in [0.2, 0.25) is 10.0 Å². The summed E-state index contributed by atoms with van der Waals surface area (Å²) in [5, 5.41) is 0. The number of hydrogen-bond acceptors (Lipinski definition) is 4. The van der Waals surface area contributed by atoms with Gasteiger partial charge in [0.1, 0.15) is 6.10 Å².